The first-order chi connectivity index (χ1) is 7.18. The van der Waals surface area contributed by atoms with E-state index >= 15 is 0 Å². The van der Waals surface area contributed by atoms with Crippen LogP contribution in [0.3, 0.4) is 0 Å². The summed E-state index contributed by atoms with van der Waals surface area (Å²) in [7, 11) is -7.87. The quantitative estimate of drug-likeness (QED) is 0.636. The SMILES string of the molecule is NS(=O)(=O)c1ccc(NCS(=O)(=O)O)cc1. The molecule has 1 aromatic carbocycles. The van der Waals surface area contributed by atoms with Gasteiger partial charge < -0.3 is 5.32 Å². The van der Waals surface area contributed by atoms with E-state index in [0.717, 1.165) is 0 Å². The van der Waals surface area contributed by atoms with Crippen LogP contribution < -0.4 is 10.5 Å². The number of benzene rings is 1. The lowest BCUT2D eigenvalue weighted by Gasteiger charge is -2.04. The number of nitrogens with two attached hydrogens (primary N) is 1. The molecule has 0 unspecified atom stereocenters. The van der Waals surface area contributed by atoms with Gasteiger partial charge in [-0.3, -0.25) is 4.55 Å². The summed E-state index contributed by atoms with van der Waals surface area (Å²) in [6.07, 6.45) is 0. The molecule has 0 bridgehead atoms. The van der Waals surface area contributed by atoms with Crippen LogP contribution in [0.25, 0.3) is 0 Å². The van der Waals surface area contributed by atoms with Crippen molar-refractivity contribution in [3.05, 3.63) is 24.3 Å². The molecule has 9 heteroatoms. The smallest absolute Gasteiger partial charge is 0.283 e. The summed E-state index contributed by atoms with van der Waals surface area (Å²) in [6.45, 7) is 0. The Labute approximate surface area is 93.1 Å². The highest BCUT2D eigenvalue weighted by molar-refractivity contribution is 7.89. The van der Waals surface area contributed by atoms with E-state index in [9.17, 15) is 16.8 Å². The first-order valence-corrected chi connectivity index (χ1v) is 7.16. The van der Waals surface area contributed by atoms with Gasteiger partial charge in [0.05, 0.1) is 4.90 Å². The van der Waals surface area contributed by atoms with Crippen molar-refractivity contribution in [1.29, 1.82) is 0 Å². The van der Waals surface area contributed by atoms with E-state index in [1.807, 2.05) is 0 Å². The van der Waals surface area contributed by atoms with E-state index in [2.05, 4.69) is 5.32 Å². The molecule has 0 aromatic heterocycles. The Morgan fingerprint density at radius 2 is 1.62 bits per heavy atom. The molecule has 0 saturated heterocycles. The maximum absolute atomic E-state index is 10.9. The van der Waals surface area contributed by atoms with Gasteiger partial charge in [0.15, 0.2) is 0 Å². The van der Waals surface area contributed by atoms with Gasteiger partial charge in [-0.15, -0.1) is 0 Å². The van der Waals surface area contributed by atoms with Crippen LogP contribution in [-0.2, 0) is 20.1 Å². The van der Waals surface area contributed by atoms with Crippen LogP contribution in [-0.4, -0.2) is 27.3 Å². The van der Waals surface area contributed by atoms with E-state index < -0.39 is 26.0 Å². The second-order valence-electron chi connectivity index (χ2n) is 2.97. The van der Waals surface area contributed by atoms with Gasteiger partial charge in [0.25, 0.3) is 10.1 Å². The van der Waals surface area contributed by atoms with Gasteiger partial charge in [0, 0.05) is 5.69 Å². The van der Waals surface area contributed by atoms with Crippen molar-refractivity contribution >= 4 is 25.8 Å². The lowest BCUT2D eigenvalue weighted by molar-refractivity contribution is 0.485. The van der Waals surface area contributed by atoms with E-state index in [1.54, 1.807) is 0 Å². The number of sulfonamides is 1. The fraction of sp³-hybridized carbons (Fsp3) is 0.143. The van der Waals surface area contributed by atoms with Gasteiger partial charge >= 0.3 is 0 Å². The van der Waals surface area contributed by atoms with Gasteiger partial charge in [-0.2, -0.15) is 8.42 Å². The zero-order valence-electron chi connectivity index (χ0n) is 7.99. The monoisotopic (exact) mass is 266 g/mol. The Morgan fingerprint density at radius 1 is 1.12 bits per heavy atom. The molecule has 90 valence electrons. The molecule has 0 radical (unpaired) electrons. The van der Waals surface area contributed by atoms with Crippen molar-refractivity contribution in [2.45, 2.75) is 4.90 Å². The maximum atomic E-state index is 10.9. The summed E-state index contributed by atoms with van der Waals surface area (Å²) in [5.41, 5.74) is 0.352. The molecule has 0 atom stereocenters. The van der Waals surface area contributed by atoms with Gasteiger partial charge in [0.1, 0.15) is 5.88 Å². The van der Waals surface area contributed by atoms with Crippen molar-refractivity contribution in [1.82, 2.24) is 0 Å². The molecule has 0 spiro atoms. The summed E-state index contributed by atoms with van der Waals surface area (Å²) in [6, 6.07) is 5.12. The summed E-state index contributed by atoms with van der Waals surface area (Å²) in [5.74, 6) is -0.651. The molecule has 0 fully saturated rings. The van der Waals surface area contributed by atoms with Crippen LogP contribution in [0.1, 0.15) is 0 Å². The van der Waals surface area contributed by atoms with Gasteiger partial charge in [-0.25, -0.2) is 13.6 Å². The topological polar surface area (TPSA) is 127 Å². The van der Waals surface area contributed by atoms with Crippen molar-refractivity contribution in [2.75, 3.05) is 11.2 Å². The third kappa shape index (κ3) is 4.14. The third-order valence-corrected chi connectivity index (χ3v) is 3.08. The van der Waals surface area contributed by atoms with E-state index in [1.165, 1.54) is 24.3 Å². The minimum Gasteiger partial charge on any atom is -0.370 e. The second kappa shape index (κ2) is 4.37. The number of hydrogen-bond donors (Lipinski definition) is 3. The second-order valence-corrected chi connectivity index (χ2v) is 5.99. The Bertz CT molecular complexity index is 561. The molecule has 0 heterocycles. The van der Waals surface area contributed by atoms with Crippen molar-refractivity contribution in [3.8, 4) is 0 Å². The van der Waals surface area contributed by atoms with Gasteiger partial charge in [0.2, 0.25) is 10.0 Å². The van der Waals surface area contributed by atoms with E-state index in [-0.39, 0.29) is 4.90 Å². The highest BCUT2D eigenvalue weighted by Crippen LogP contribution is 2.12. The summed E-state index contributed by atoms with van der Waals surface area (Å²) in [4.78, 5) is -0.0788. The van der Waals surface area contributed by atoms with Crippen molar-refractivity contribution in [2.24, 2.45) is 5.14 Å². The molecule has 1 aromatic rings. The Morgan fingerprint density at radius 3 is 2.00 bits per heavy atom. The van der Waals surface area contributed by atoms with Crippen LogP contribution in [0.5, 0.6) is 0 Å². The lowest BCUT2D eigenvalue weighted by atomic mass is 10.3. The van der Waals surface area contributed by atoms with Crippen LogP contribution in [0, 0.1) is 0 Å². The summed E-state index contributed by atoms with van der Waals surface area (Å²) in [5, 5.41) is 7.26. The molecule has 0 saturated carbocycles. The van der Waals surface area contributed by atoms with Gasteiger partial charge in [-0.1, -0.05) is 0 Å². The van der Waals surface area contributed by atoms with E-state index in [0.29, 0.717) is 5.69 Å². The molecular weight excluding hydrogens is 256 g/mol. The minimum atomic E-state index is -4.11. The normalized spacial score (nSPS) is 12.4. The van der Waals surface area contributed by atoms with Gasteiger partial charge in [-0.05, 0) is 24.3 Å². The van der Waals surface area contributed by atoms with Crippen LogP contribution in [0.4, 0.5) is 5.69 Å². The fourth-order valence-electron chi connectivity index (χ4n) is 0.937. The predicted molar refractivity (Wildman–Crippen MR) is 57.9 cm³/mol. The summed E-state index contributed by atoms with van der Waals surface area (Å²) < 4.78 is 51.0. The third-order valence-electron chi connectivity index (χ3n) is 1.64. The molecule has 16 heavy (non-hydrogen) atoms. The number of rotatable bonds is 4. The molecule has 0 amide bonds. The highest BCUT2D eigenvalue weighted by atomic mass is 32.2. The predicted octanol–water partition coefficient (Wildman–Crippen LogP) is -0.409. The number of anilines is 1. The highest BCUT2D eigenvalue weighted by Gasteiger charge is 2.07. The van der Waals surface area contributed by atoms with Crippen molar-refractivity contribution in [3.63, 3.8) is 0 Å². The molecule has 0 aliphatic rings. The number of primary sulfonamides is 1. The zero-order chi connectivity index (χ0) is 12.4. The average molecular weight is 266 g/mol. The number of nitrogens with one attached hydrogen (secondary N) is 1. The zero-order valence-corrected chi connectivity index (χ0v) is 9.62. The summed E-state index contributed by atoms with van der Waals surface area (Å²) >= 11 is 0. The van der Waals surface area contributed by atoms with Crippen LogP contribution >= 0.6 is 0 Å². The molecule has 1 rings (SSSR count). The Balaban J connectivity index is 2.81. The molecule has 0 aliphatic carbocycles. The molecule has 4 N–H and O–H groups in total. The Hall–Kier alpha value is -1.16. The first-order valence-electron chi connectivity index (χ1n) is 4.00. The molecular formula is C7H10N2O5S2. The van der Waals surface area contributed by atoms with Crippen LogP contribution in [0.15, 0.2) is 29.2 Å². The molecule has 7 nitrogen and oxygen atoms in total. The molecule has 0 aliphatic heterocycles. The Kier molecular flexibility index (Phi) is 3.53. The average Bonchev–Trinajstić information content (AvgIpc) is 2.13. The van der Waals surface area contributed by atoms with Crippen molar-refractivity contribution < 1.29 is 21.4 Å². The largest absolute Gasteiger partial charge is 0.370 e. The maximum Gasteiger partial charge on any atom is 0.283 e. The van der Waals surface area contributed by atoms with Crippen LogP contribution in [0.2, 0.25) is 0 Å². The number of hydrogen-bond acceptors (Lipinski definition) is 5. The fourth-order valence-corrected chi connectivity index (χ4v) is 1.80. The van der Waals surface area contributed by atoms with E-state index in [4.69, 9.17) is 9.69 Å². The first kappa shape index (κ1) is 12.9. The standard InChI is InChI=1S/C7H10N2O5S2/c8-16(13,14)7-3-1-6(2-4-7)9-5-15(10,11)12/h1-4,9H,5H2,(H2,8,13,14)(H,10,11,12). The lowest BCUT2D eigenvalue weighted by Crippen LogP contribution is -2.14. The minimum absolute atomic E-state index is 0.0788.